The second-order valence-electron chi connectivity index (χ2n) is 7.22. The predicted octanol–water partition coefficient (Wildman–Crippen LogP) is 2.46. The second kappa shape index (κ2) is 5.44. The SMILES string of the molecule is Cn1ccc2c(C(=O)N(C3CC3)C3CCc4n[nH]cc4C3)ccnc21. The number of H-pyrrole nitrogens is 1. The molecule has 6 heteroatoms. The minimum absolute atomic E-state index is 0.151. The van der Waals surface area contributed by atoms with E-state index in [2.05, 4.69) is 20.1 Å². The fraction of sp³-hybridized carbons (Fsp3) is 0.421. The largest absolute Gasteiger partial charge is 0.336 e. The maximum Gasteiger partial charge on any atom is 0.255 e. The Morgan fingerprint density at radius 1 is 1.28 bits per heavy atom. The number of rotatable bonds is 3. The molecule has 0 radical (unpaired) electrons. The second-order valence-corrected chi connectivity index (χ2v) is 7.22. The minimum Gasteiger partial charge on any atom is -0.336 e. The van der Waals surface area contributed by atoms with E-state index >= 15 is 0 Å². The molecule has 3 heterocycles. The smallest absolute Gasteiger partial charge is 0.255 e. The van der Waals surface area contributed by atoms with Crippen LogP contribution in [0.3, 0.4) is 0 Å². The Labute approximate surface area is 145 Å². The van der Waals surface area contributed by atoms with Gasteiger partial charge in [-0.2, -0.15) is 5.10 Å². The fourth-order valence-electron chi connectivity index (χ4n) is 4.11. The first-order valence-corrected chi connectivity index (χ1v) is 8.96. The van der Waals surface area contributed by atoms with Crippen molar-refractivity contribution in [3.05, 3.63) is 47.5 Å². The van der Waals surface area contributed by atoms with Crippen LogP contribution < -0.4 is 0 Å². The Balaban J connectivity index is 1.51. The standard InChI is InChI=1S/C19H21N5O/c1-23-9-7-15-16(6-8-20-18(15)23)19(25)24(13-2-3-13)14-4-5-17-12(10-14)11-21-22-17/h6-9,11,13-14H,2-5,10H2,1H3,(H,21,22). The first-order valence-electron chi connectivity index (χ1n) is 8.96. The van der Waals surface area contributed by atoms with Crippen LogP contribution in [-0.4, -0.2) is 42.6 Å². The number of carbonyl (C=O) groups is 1. The highest BCUT2D eigenvalue weighted by Gasteiger charge is 2.39. The van der Waals surface area contributed by atoms with E-state index in [-0.39, 0.29) is 11.9 Å². The van der Waals surface area contributed by atoms with Crippen molar-refractivity contribution in [3.8, 4) is 0 Å². The van der Waals surface area contributed by atoms with Crippen LogP contribution in [0.25, 0.3) is 11.0 Å². The van der Waals surface area contributed by atoms with E-state index in [0.29, 0.717) is 6.04 Å². The molecule has 0 aliphatic heterocycles. The molecule has 3 aromatic rings. The summed E-state index contributed by atoms with van der Waals surface area (Å²) in [5.74, 6) is 0.151. The predicted molar refractivity (Wildman–Crippen MR) is 94.3 cm³/mol. The Bertz CT molecular complexity index is 952. The van der Waals surface area contributed by atoms with Crippen LogP contribution in [0.1, 0.15) is 40.9 Å². The monoisotopic (exact) mass is 335 g/mol. The van der Waals surface area contributed by atoms with Gasteiger partial charge in [-0.25, -0.2) is 4.98 Å². The molecule has 5 rings (SSSR count). The lowest BCUT2D eigenvalue weighted by Crippen LogP contribution is -2.44. The molecule has 0 aromatic carbocycles. The van der Waals surface area contributed by atoms with Crippen LogP contribution in [0.2, 0.25) is 0 Å². The zero-order valence-electron chi connectivity index (χ0n) is 14.3. The highest BCUT2D eigenvalue weighted by molar-refractivity contribution is 6.06. The molecule has 128 valence electrons. The van der Waals surface area contributed by atoms with E-state index < -0.39 is 0 Å². The van der Waals surface area contributed by atoms with Crippen molar-refractivity contribution in [3.63, 3.8) is 0 Å². The molecule has 2 aliphatic carbocycles. The molecule has 1 N–H and O–H groups in total. The van der Waals surface area contributed by atoms with Gasteiger partial charge in [0.25, 0.3) is 5.91 Å². The third kappa shape index (κ3) is 2.35. The van der Waals surface area contributed by atoms with Gasteiger partial charge in [0.2, 0.25) is 0 Å². The molecule has 6 nitrogen and oxygen atoms in total. The number of carbonyl (C=O) groups excluding carboxylic acids is 1. The van der Waals surface area contributed by atoms with Crippen molar-refractivity contribution >= 4 is 16.9 Å². The van der Waals surface area contributed by atoms with Crippen LogP contribution in [0, 0.1) is 0 Å². The summed E-state index contributed by atoms with van der Waals surface area (Å²) in [5.41, 5.74) is 4.06. The van der Waals surface area contributed by atoms with Crippen molar-refractivity contribution in [2.45, 2.75) is 44.2 Å². The van der Waals surface area contributed by atoms with Gasteiger partial charge in [0.15, 0.2) is 0 Å². The van der Waals surface area contributed by atoms with Gasteiger partial charge in [-0.05, 0) is 49.8 Å². The molecule has 1 amide bonds. The van der Waals surface area contributed by atoms with Gasteiger partial charge in [0.1, 0.15) is 5.65 Å². The average molecular weight is 335 g/mol. The summed E-state index contributed by atoms with van der Waals surface area (Å²) in [6, 6.07) is 4.51. The van der Waals surface area contributed by atoms with Gasteiger partial charge in [-0.1, -0.05) is 0 Å². The first-order chi connectivity index (χ1) is 12.2. The van der Waals surface area contributed by atoms with Crippen molar-refractivity contribution in [2.75, 3.05) is 0 Å². The van der Waals surface area contributed by atoms with Crippen LogP contribution in [-0.2, 0) is 19.9 Å². The summed E-state index contributed by atoms with van der Waals surface area (Å²) >= 11 is 0. The molecule has 0 spiro atoms. The number of nitrogens with zero attached hydrogens (tertiary/aromatic N) is 4. The number of pyridine rings is 1. The molecular formula is C19H21N5O. The zero-order chi connectivity index (χ0) is 17.0. The molecule has 0 saturated heterocycles. The van der Waals surface area contributed by atoms with E-state index in [0.717, 1.165) is 54.4 Å². The molecule has 1 saturated carbocycles. The maximum atomic E-state index is 13.5. The highest BCUT2D eigenvalue weighted by Crippen LogP contribution is 2.35. The van der Waals surface area contributed by atoms with E-state index in [1.807, 2.05) is 36.1 Å². The number of hydrogen-bond acceptors (Lipinski definition) is 3. The van der Waals surface area contributed by atoms with E-state index in [9.17, 15) is 4.79 Å². The van der Waals surface area contributed by atoms with Crippen LogP contribution >= 0.6 is 0 Å². The lowest BCUT2D eigenvalue weighted by atomic mass is 9.91. The molecular weight excluding hydrogens is 314 g/mol. The minimum atomic E-state index is 0.151. The molecule has 2 aliphatic rings. The van der Waals surface area contributed by atoms with Gasteiger partial charge < -0.3 is 9.47 Å². The van der Waals surface area contributed by atoms with E-state index in [1.165, 1.54) is 5.56 Å². The van der Waals surface area contributed by atoms with Gasteiger partial charge in [-0.15, -0.1) is 0 Å². The number of hydrogen-bond donors (Lipinski definition) is 1. The Morgan fingerprint density at radius 2 is 2.16 bits per heavy atom. The van der Waals surface area contributed by atoms with Crippen molar-refractivity contribution in [1.82, 2.24) is 24.6 Å². The van der Waals surface area contributed by atoms with Crippen LogP contribution in [0.15, 0.2) is 30.7 Å². The lowest BCUT2D eigenvalue weighted by Gasteiger charge is -2.34. The van der Waals surface area contributed by atoms with Gasteiger partial charge >= 0.3 is 0 Å². The third-order valence-corrected chi connectivity index (χ3v) is 5.55. The van der Waals surface area contributed by atoms with E-state index in [4.69, 9.17) is 0 Å². The average Bonchev–Trinajstić information content (AvgIpc) is 3.22. The summed E-state index contributed by atoms with van der Waals surface area (Å²) in [7, 11) is 1.96. The third-order valence-electron chi connectivity index (χ3n) is 5.55. The fourth-order valence-corrected chi connectivity index (χ4v) is 4.11. The highest BCUT2D eigenvalue weighted by atomic mass is 16.2. The zero-order valence-corrected chi connectivity index (χ0v) is 14.3. The topological polar surface area (TPSA) is 66.8 Å². The molecule has 1 fully saturated rings. The number of nitrogens with one attached hydrogen (secondary N) is 1. The summed E-state index contributed by atoms with van der Waals surface area (Å²) in [5, 5.41) is 8.23. The van der Waals surface area contributed by atoms with Gasteiger partial charge in [-0.3, -0.25) is 9.89 Å². The number of aromatic amines is 1. The summed E-state index contributed by atoms with van der Waals surface area (Å²) in [4.78, 5) is 20.0. The molecule has 1 atom stereocenters. The number of amides is 1. The lowest BCUT2D eigenvalue weighted by molar-refractivity contribution is 0.0645. The van der Waals surface area contributed by atoms with Crippen molar-refractivity contribution < 1.29 is 4.79 Å². The number of aromatic nitrogens is 4. The molecule has 25 heavy (non-hydrogen) atoms. The summed E-state index contributed by atoms with van der Waals surface area (Å²) in [6.07, 6.45) is 10.8. The first kappa shape index (κ1) is 14.7. The number of fused-ring (bicyclic) bond motifs is 2. The Kier molecular flexibility index (Phi) is 3.20. The molecule has 1 unspecified atom stereocenters. The Morgan fingerprint density at radius 3 is 3.00 bits per heavy atom. The molecule has 0 bridgehead atoms. The number of aryl methyl sites for hydroxylation is 2. The van der Waals surface area contributed by atoms with Crippen LogP contribution in [0.4, 0.5) is 0 Å². The van der Waals surface area contributed by atoms with Crippen LogP contribution in [0.5, 0.6) is 0 Å². The summed E-state index contributed by atoms with van der Waals surface area (Å²) < 4.78 is 1.96. The van der Waals surface area contributed by atoms with E-state index in [1.54, 1.807) is 6.20 Å². The quantitative estimate of drug-likeness (QED) is 0.799. The normalized spacial score (nSPS) is 19.8. The molecule has 3 aromatic heterocycles. The van der Waals surface area contributed by atoms with Crippen molar-refractivity contribution in [1.29, 1.82) is 0 Å². The Hall–Kier alpha value is -2.63. The van der Waals surface area contributed by atoms with Crippen molar-refractivity contribution in [2.24, 2.45) is 7.05 Å². The maximum absolute atomic E-state index is 13.5. The van der Waals surface area contributed by atoms with Gasteiger partial charge in [0, 0.05) is 43.1 Å². The summed E-state index contributed by atoms with van der Waals surface area (Å²) in [6.45, 7) is 0. The van der Waals surface area contributed by atoms with Gasteiger partial charge in [0.05, 0.1) is 11.3 Å².